The molecule has 1 amide bonds. The number of carbonyl (C=O) groups is 1. The van der Waals surface area contributed by atoms with Crippen LogP contribution in [0.3, 0.4) is 0 Å². The third-order valence-electron chi connectivity index (χ3n) is 4.89. The van der Waals surface area contributed by atoms with Crippen molar-refractivity contribution in [3.05, 3.63) is 82.3 Å². The lowest BCUT2D eigenvalue weighted by molar-refractivity contribution is -0.117. The van der Waals surface area contributed by atoms with Crippen LogP contribution in [0.2, 0.25) is 10.0 Å². The molecule has 0 aliphatic carbocycles. The quantitative estimate of drug-likeness (QED) is 0.347. The minimum absolute atomic E-state index is 0.170. The van der Waals surface area contributed by atoms with E-state index in [4.69, 9.17) is 28.9 Å². The number of aromatic nitrogens is 3. The Morgan fingerprint density at radius 1 is 0.906 bits per heavy atom. The predicted molar refractivity (Wildman–Crippen MR) is 129 cm³/mol. The summed E-state index contributed by atoms with van der Waals surface area (Å²) in [4.78, 5) is 17.4. The van der Waals surface area contributed by atoms with Crippen molar-refractivity contribution in [1.29, 1.82) is 0 Å². The zero-order chi connectivity index (χ0) is 22.5. The summed E-state index contributed by atoms with van der Waals surface area (Å²) in [7, 11) is 0. The highest BCUT2D eigenvalue weighted by Gasteiger charge is 2.21. The highest BCUT2D eigenvalue weighted by atomic mass is 35.5. The number of para-hydroxylation sites is 1. The number of rotatable bonds is 7. The van der Waals surface area contributed by atoms with Crippen LogP contribution >= 0.6 is 23.2 Å². The number of nitrogens with zero attached hydrogens (tertiary/aromatic N) is 3. The Balaban J connectivity index is 1.45. The van der Waals surface area contributed by atoms with Crippen molar-refractivity contribution in [3.8, 4) is 0 Å². The van der Waals surface area contributed by atoms with Gasteiger partial charge in [-0.05, 0) is 67.1 Å². The summed E-state index contributed by atoms with van der Waals surface area (Å²) in [5.74, 6) is -0.218. The molecule has 1 heterocycles. The van der Waals surface area contributed by atoms with E-state index in [-0.39, 0.29) is 5.91 Å². The van der Waals surface area contributed by atoms with Crippen molar-refractivity contribution in [2.24, 2.45) is 5.73 Å². The number of fused-ring (bicyclic) bond motifs is 1. The van der Waals surface area contributed by atoms with E-state index < -0.39 is 5.92 Å². The summed E-state index contributed by atoms with van der Waals surface area (Å²) in [6.07, 6.45) is 0.482. The van der Waals surface area contributed by atoms with Crippen molar-refractivity contribution in [2.75, 3.05) is 17.2 Å². The van der Waals surface area contributed by atoms with Crippen LogP contribution in [0.5, 0.6) is 0 Å². The van der Waals surface area contributed by atoms with Gasteiger partial charge in [-0.2, -0.15) is 0 Å². The second-order valence-corrected chi connectivity index (χ2v) is 7.93. The number of hydrogen-bond donors (Lipinski definition) is 3. The van der Waals surface area contributed by atoms with Gasteiger partial charge >= 0.3 is 0 Å². The first-order valence-corrected chi connectivity index (χ1v) is 10.7. The maximum Gasteiger partial charge on any atom is 0.247 e. The standard InChI is InChI=1S/C23H20Cl2N6O/c24-18-10-5-14(13-19(18)25)17(11-12-26)22(32)27-15-6-8-16(9-7-15)28-23-29-20-3-1-2-4-21(20)30-31-23/h1-10,13,17H,11-12,26H2,(H,27,32)(H,28,29,31). The average molecular weight is 467 g/mol. The Morgan fingerprint density at radius 2 is 1.62 bits per heavy atom. The fraction of sp³-hybridized carbons (Fsp3) is 0.130. The summed E-state index contributed by atoms with van der Waals surface area (Å²) >= 11 is 12.1. The molecule has 1 atom stereocenters. The molecule has 3 aromatic carbocycles. The first-order chi connectivity index (χ1) is 15.5. The Bertz CT molecular complexity index is 1250. The van der Waals surface area contributed by atoms with Gasteiger partial charge in [0.1, 0.15) is 5.52 Å². The van der Waals surface area contributed by atoms with Gasteiger partial charge in [0.2, 0.25) is 11.9 Å². The van der Waals surface area contributed by atoms with E-state index in [0.717, 1.165) is 22.3 Å². The molecule has 4 rings (SSSR count). The molecule has 0 aliphatic rings. The molecule has 0 saturated heterocycles. The van der Waals surface area contributed by atoms with Crippen LogP contribution in [0.25, 0.3) is 11.0 Å². The molecule has 0 bridgehead atoms. The van der Waals surface area contributed by atoms with Crippen LogP contribution < -0.4 is 16.4 Å². The molecule has 9 heteroatoms. The van der Waals surface area contributed by atoms with Gasteiger partial charge in [0.05, 0.1) is 21.5 Å². The number of nitrogens with two attached hydrogens (primary N) is 1. The molecule has 1 unspecified atom stereocenters. The second-order valence-electron chi connectivity index (χ2n) is 7.12. The van der Waals surface area contributed by atoms with E-state index in [9.17, 15) is 4.79 Å². The lowest BCUT2D eigenvalue weighted by Gasteiger charge is -2.17. The first kappa shape index (κ1) is 22.0. The molecule has 0 aliphatic heterocycles. The van der Waals surface area contributed by atoms with Crippen molar-refractivity contribution >= 4 is 57.5 Å². The third-order valence-corrected chi connectivity index (χ3v) is 5.63. The van der Waals surface area contributed by atoms with Crippen LogP contribution in [-0.2, 0) is 4.79 Å². The van der Waals surface area contributed by atoms with Gasteiger partial charge in [0.25, 0.3) is 0 Å². The molecule has 0 saturated carbocycles. The zero-order valence-corrected chi connectivity index (χ0v) is 18.4. The minimum Gasteiger partial charge on any atom is -0.330 e. The maximum atomic E-state index is 12.9. The number of benzene rings is 3. The van der Waals surface area contributed by atoms with E-state index in [1.807, 2.05) is 36.4 Å². The second kappa shape index (κ2) is 9.91. The van der Waals surface area contributed by atoms with Crippen LogP contribution in [0, 0.1) is 0 Å². The zero-order valence-electron chi connectivity index (χ0n) is 16.9. The number of anilines is 3. The normalized spacial score (nSPS) is 11.8. The van der Waals surface area contributed by atoms with E-state index in [2.05, 4.69) is 25.8 Å². The highest BCUT2D eigenvalue weighted by Crippen LogP contribution is 2.29. The Kier molecular flexibility index (Phi) is 6.80. The summed E-state index contributed by atoms with van der Waals surface area (Å²) < 4.78 is 0. The lowest BCUT2D eigenvalue weighted by atomic mass is 9.94. The van der Waals surface area contributed by atoms with Gasteiger partial charge in [-0.25, -0.2) is 4.98 Å². The molecule has 4 N–H and O–H groups in total. The van der Waals surface area contributed by atoms with E-state index in [1.165, 1.54) is 0 Å². The van der Waals surface area contributed by atoms with Gasteiger partial charge in [0, 0.05) is 11.4 Å². The lowest BCUT2D eigenvalue weighted by Crippen LogP contribution is -2.23. The van der Waals surface area contributed by atoms with Crippen molar-refractivity contribution < 1.29 is 4.79 Å². The molecule has 162 valence electrons. The molecule has 4 aromatic rings. The van der Waals surface area contributed by atoms with Gasteiger partial charge in [0.15, 0.2) is 0 Å². The highest BCUT2D eigenvalue weighted by molar-refractivity contribution is 6.42. The molecular formula is C23H20Cl2N6O. The molecule has 1 aromatic heterocycles. The van der Waals surface area contributed by atoms with Crippen LogP contribution in [0.4, 0.5) is 17.3 Å². The van der Waals surface area contributed by atoms with E-state index in [1.54, 1.807) is 30.3 Å². The fourth-order valence-electron chi connectivity index (χ4n) is 3.27. The number of hydrogen-bond acceptors (Lipinski definition) is 6. The Morgan fingerprint density at radius 3 is 2.34 bits per heavy atom. The van der Waals surface area contributed by atoms with Gasteiger partial charge < -0.3 is 16.4 Å². The largest absolute Gasteiger partial charge is 0.330 e. The molecule has 0 radical (unpaired) electrons. The summed E-state index contributed by atoms with van der Waals surface area (Å²) in [5.41, 5.74) is 9.39. The molecule has 32 heavy (non-hydrogen) atoms. The van der Waals surface area contributed by atoms with Gasteiger partial charge in [-0.1, -0.05) is 41.4 Å². The Hall–Kier alpha value is -3.26. The molecular weight excluding hydrogens is 447 g/mol. The summed E-state index contributed by atoms with van der Waals surface area (Å²) in [5, 5.41) is 15.1. The van der Waals surface area contributed by atoms with Crippen molar-refractivity contribution in [2.45, 2.75) is 12.3 Å². The average Bonchev–Trinajstić information content (AvgIpc) is 2.80. The topological polar surface area (TPSA) is 106 Å². The van der Waals surface area contributed by atoms with Gasteiger partial charge in [-0.3, -0.25) is 4.79 Å². The van der Waals surface area contributed by atoms with Gasteiger partial charge in [-0.15, -0.1) is 10.2 Å². The van der Waals surface area contributed by atoms with Crippen LogP contribution in [0.15, 0.2) is 66.7 Å². The SMILES string of the molecule is NCCC(C(=O)Nc1ccc(Nc2nnc3ccccc3n2)cc1)c1ccc(Cl)c(Cl)c1. The monoisotopic (exact) mass is 466 g/mol. The number of carbonyl (C=O) groups excluding carboxylic acids is 1. The molecule has 0 fully saturated rings. The summed E-state index contributed by atoms with van der Waals surface area (Å²) in [6.45, 7) is 0.362. The first-order valence-electron chi connectivity index (χ1n) is 9.96. The molecule has 7 nitrogen and oxygen atoms in total. The Labute approximate surface area is 195 Å². The fourth-order valence-corrected chi connectivity index (χ4v) is 3.58. The predicted octanol–water partition coefficient (Wildman–Crippen LogP) is 5.15. The van der Waals surface area contributed by atoms with Crippen LogP contribution in [0.1, 0.15) is 17.9 Å². The molecule has 0 spiro atoms. The maximum absolute atomic E-state index is 12.9. The van der Waals surface area contributed by atoms with Crippen molar-refractivity contribution in [1.82, 2.24) is 15.2 Å². The summed E-state index contributed by atoms with van der Waals surface area (Å²) in [6, 6.07) is 19.9. The van der Waals surface area contributed by atoms with E-state index in [0.29, 0.717) is 34.6 Å². The number of nitrogens with one attached hydrogen (secondary N) is 2. The number of halogens is 2. The number of amides is 1. The van der Waals surface area contributed by atoms with Crippen LogP contribution in [-0.4, -0.2) is 27.6 Å². The minimum atomic E-state index is -0.440. The van der Waals surface area contributed by atoms with E-state index >= 15 is 0 Å². The third kappa shape index (κ3) is 5.13. The van der Waals surface area contributed by atoms with Crippen molar-refractivity contribution in [3.63, 3.8) is 0 Å². The smallest absolute Gasteiger partial charge is 0.247 e.